The normalized spacial score (nSPS) is 11.3. The standard InChI is InChI=1S/C21H17NO3/c1-14(12-15-10-11-16-6-2-3-7-17(16)13-15)20(23)22-19-9-5-4-8-18(19)21(24)25/h2-13H,1H3,(H,22,23)(H,24,25)/b14-12+. The fourth-order valence-corrected chi connectivity index (χ4v) is 2.61. The minimum atomic E-state index is -1.08. The molecule has 0 saturated heterocycles. The lowest BCUT2D eigenvalue weighted by Crippen LogP contribution is -2.15. The first-order chi connectivity index (χ1) is 12.0. The number of carbonyl (C=O) groups excluding carboxylic acids is 1. The van der Waals surface area contributed by atoms with Crippen LogP contribution in [0.4, 0.5) is 5.69 Å². The van der Waals surface area contributed by atoms with Crippen LogP contribution in [0.5, 0.6) is 0 Å². The molecule has 0 unspecified atom stereocenters. The number of amides is 1. The number of carboxylic acids is 1. The third-order valence-electron chi connectivity index (χ3n) is 3.92. The molecule has 0 atom stereocenters. The van der Waals surface area contributed by atoms with E-state index in [0.29, 0.717) is 5.57 Å². The molecule has 0 heterocycles. The van der Waals surface area contributed by atoms with Gasteiger partial charge >= 0.3 is 5.97 Å². The summed E-state index contributed by atoms with van der Waals surface area (Å²) in [4.78, 5) is 23.6. The lowest BCUT2D eigenvalue weighted by Gasteiger charge is -2.08. The zero-order chi connectivity index (χ0) is 17.8. The predicted octanol–water partition coefficient (Wildman–Crippen LogP) is 4.58. The second-order valence-electron chi connectivity index (χ2n) is 5.74. The highest BCUT2D eigenvalue weighted by atomic mass is 16.4. The maximum Gasteiger partial charge on any atom is 0.337 e. The van der Waals surface area contributed by atoms with Crippen LogP contribution in [-0.4, -0.2) is 17.0 Å². The molecule has 0 aromatic heterocycles. The van der Waals surface area contributed by atoms with Gasteiger partial charge in [-0.05, 0) is 47.5 Å². The van der Waals surface area contributed by atoms with Crippen LogP contribution >= 0.6 is 0 Å². The van der Waals surface area contributed by atoms with Gasteiger partial charge in [0.05, 0.1) is 11.3 Å². The number of carboxylic acid groups (broad SMARTS) is 1. The Labute approximate surface area is 145 Å². The molecule has 4 nitrogen and oxygen atoms in total. The lowest BCUT2D eigenvalue weighted by atomic mass is 10.1. The second kappa shape index (κ2) is 7.01. The summed E-state index contributed by atoms with van der Waals surface area (Å²) in [6.07, 6.45) is 1.78. The minimum Gasteiger partial charge on any atom is -0.478 e. The van der Waals surface area contributed by atoms with E-state index in [1.807, 2.05) is 42.5 Å². The van der Waals surface area contributed by atoms with Crippen molar-refractivity contribution >= 4 is 34.4 Å². The summed E-state index contributed by atoms with van der Waals surface area (Å²) in [5.41, 5.74) is 1.76. The molecule has 4 heteroatoms. The van der Waals surface area contributed by atoms with Crippen molar-refractivity contribution in [3.8, 4) is 0 Å². The summed E-state index contributed by atoms with van der Waals surface area (Å²) in [6, 6.07) is 20.3. The highest BCUT2D eigenvalue weighted by Gasteiger charge is 2.12. The van der Waals surface area contributed by atoms with E-state index in [0.717, 1.165) is 16.3 Å². The van der Waals surface area contributed by atoms with E-state index >= 15 is 0 Å². The number of nitrogens with one attached hydrogen (secondary N) is 1. The Morgan fingerprint density at radius 2 is 1.60 bits per heavy atom. The maximum absolute atomic E-state index is 12.4. The van der Waals surface area contributed by atoms with Crippen LogP contribution in [0, 0.1) is 0 Å². The van der Waals surface area contributed by atoms with Crippen LogP contribution in [0.25, 0.3) is 16.8 Å². The molecule has 0 aliphatic rings. The lowest BCUT2D eigenvalue weighted by molar-refractivity contribution is -0.112. The Morgan fingerprint density at radius 3 is 2.36 bits per heavy atom. The molecule has 0 saturated carbocycles. The fraction of sp³-hybridized carbons (Fsp3) is 0.0476. The first-order valence-electron chi connectivity index (χ1n) is 7.85. The van der Waals surface area contributed by atoms with Crippen LogP contribution < -0.4 is 5.32 Å². The SMILES string of the molecule is C/C(=C\c1ccc2ccccc2c1)C(=O)Nc1ccccc1C(=O)O. The average Bonchev–Trinajstić information content (AvgIpc) is 2.61. The number of hydrogen-bond acceptors (Lipinski definition) is 2. The van der Waals surface area contributed by atoms with Crippen LogP contribution in [0.15, 0.2) is 72.3 Å². The molecule has 0 fully saturated rings. The van der Waals surface area contributed by atoms with Gasteiger partial charge in [-0.15, -0.1) is 0 Å². The number of aromatic carboxylic acids is 1. The Morgan fingerprint density at radius 1 is 0.920 bits per heavy atom. The van der Waals surface area contributed by atoms with Crippen molar-refractivity contribution in [1.82, 2.24) is 0 Å². The van der Waals surface area contributed by atoms with Crippen LogP contribution in [-0.2, 0) is 4.79 Å². The molecule has 3 rings (SSSR count). The van der Waals surface area contributed by atoms with Gasteiger partial charge in [0.1, 0.15) is 0 Å². The van der Waals surface area contributed by atoms with Crippen molar-refractivity contribution in [2.24, 2.45) is 0 Å². The number of hydrogen-bond donors (Lipinski definition) is 2. The molecule has 0 aliphatic heterocycles. The van der Waals surface area contributed by atoms with Crippen LogP contribution in [0.3, 0.4) is 0 Å². The van der Waals surface area contributed by atoms with E-state index in [1.165, 1.54) is 6.07 Å². The molecule has 0 spiro atoms. The minimum absolute atomic E-state index is 0.0642. The molecule has 25 heavy (non-hydrogen) atoms. The van der Waals surface area contributed by atoms with Gasteiger partial charge in [-0.2, -0.15) is 0 Å². The third kappa shape index (κ3) is 3.75. The molecule has 1 amide bonds. The Balaban J connectivity index is 1.84. The van der Waals surface area contributed by atoms with Gasteiger partial charge in [-0.1, -0.05) is 48.5 Å². The van der Waals surface area contributed by atoms with E-state index in [2.05, 4.69) is 5.32 Å². The number of rotatable bonds is 4. The number of carbonyl (C=O) groups is 2. The predicted molar refractivity (Wildman–Crippen MR) is 99.6 cm³/mol. The van der Waals surface area contributed by atoms with Crippen molar-refractivity contribution in [2.45, 2.75) is 6.92 Å². The largest absolute Gasteiger partial charge is 0.478 e. The number of para-hydroxylation sites is 1. The van der Waals surface area contributed by atoms with Crippen molar-refractivity contribution in [3.63, 3.8) is 0 Å². The summed E-state index contributed by atoms with van der Waals surface area (Å²) in [6.45, 7) is 1.70. The average molecular weight is 331 g/mol. The molecule has 3 aromatic rings. The summed E-state index contributed by atoms with van der Waals surface area (Å²) in [5, 5.41) is 14.1. The monoisotopic (exact) mass is 331 g/mol. The topological polar surface area (TPSA) is 66.4 Å². The first-order valence-corrected chi connectivity index (χ1v) is 7.85. The van der Waals surface area contributed by atoms with E-state index < -0.39 is 5.97 Å². The van der Waals surface area contributed by atoms with Gasteiger partial charge in [0.15, 0.2) is 0 Å². The van der Waals surface area contributed by atoms with Crippen molar-refractivity contribution in [2.75, 3.05) is 5.32 Å². The van der Waals surface area contributed by atoms with Gasteiger partial charge < -0.3 is 10.4 Å². The molecule has 0 aliphatic carbocycles. The van der Waals surface area contributed by atoms with Crippen LogP contribution in [0.1, 0.15) is 22.8 Å². The molecule has 0 radical (unpaired) electrons. The van der Waals surface area contributed by atoms with E-state index in [1.54, 1.807) is 31.2 Å². The Kier molecular flexibility index (Phi) is 4.61. The summed E-state index contributed by atoms with van der Waals surface area (Å²) in [5.74, 6) is -1.41. The number of anilines is 1. The molecule has 3 aromatic carbocycles. The number of benzene rings is 3. The van der Waals surface area contributed by atoms with Crippen molar-refractivity contribution in [1.29, 1.82) is 0 Å². The summed E-state index contributed by atoms with van der Waals surface area (Å²) >= 11 is 0. The number of fused-ring (bicyclic) bond motifs is 1. The molecule has 124 valence electrons. The van der Waals surface area contributed by atoms with Gasteiger partial charge in [0.2, 0.25) is 0 Å². The maximum atomic E-state index is 12.4. The summed E-state index contributed by atoms with van der Waals surface area (Å²) < 4.78 is 0. The van der Waals surface area contributed by atoms with E-state index in [-0.39, 0.29) is 17.2 Å². The fourth-order valence-electron chi connectivity index (χ4n) is 2.61. The first kappa shape index (κ1) is 16.5. The van der Waals surface area contributed by atoms with Crippen molar-refractivity contribution < 1.29 is 14.7 Å². The summed E-state index contributed by atoms with van der Waals surface area (Å²) in [7, 11) is 0. The van der Waals surface area contributed by atoms with Crippen LogP contribution in [0.2, 0.25) is 0 Å². The zero-order valence-electron chi connectivity index (χ0n) is 13.7. The molecular weight excluding hydrogens is 314 g/mol. The van der Waals surface area contributed by atoms with Crippen molar-refractivity contribution in [3.05, 3.63) is 83.4 Å². The van der Waals surface area contributed by atoms with Gasteiger partial charge in [-0.3, -0.25) is 4.79 Å². The highest BCUT2D eigenvalue weighted by molar-refractivity contribution is 6.09. The second-order valence-corrected chi connectivity index (χ2v) is 5.74. The third-order valence-corrected chi connectivity index (χ3v) is 3.92. The molecule has 2 N–H and O–H groups in total. The van der Waals surface area contributed by atoms with Gasteiger partial charge in [-0.25, -0.2) is 4.79 Å². The molecular formula is C21H17NO3. The van der Waals surface area contributed by atoms with E-state index in [9.17, 15) is 14.7 Å². The zero-order valence-corrected chi connectivity index (χ0v) is 13.7. The Hall–Kier alpha value is -3.40. The van der Waals surface area contributed by atoms with E-state index in [4.69, 9.17) is 0 Å². The van der Waals surface area contributed by atoms with Gasteiger partial charge in [0.25, 0.3) is 5.91 Å². The Bertz CT molecular complexity index is 989. The smallest absolute Gasteiger partial charge is 0.337 e. The quantitative estimate of drug-likeness (QED) is 0.688. The van der Waals surface area contributed by atoms with Gasteiger partial charge in [0, 0.05) is 5.57 Å². The molecule has 0 bridgehead atoms. The highest BCUT2D eigenvalue weighted by Crippen LogP contribution is 2.19.